The van der Waals surface area contributed by atoms with Crippen LogP contribution in [0.2, 0.25) is 0 Å². The summed E-state index contributed by atoms with van der Waals surface area (Å²) < 4.78 is 22.1. The first-order valence-corrected chi connectivity index (χ1v) is 21.4. The zero-order valence-electron chi connectivity index (χ0n) is 35.3. The third kappa shape index (κ3) is 11.3. The number of phenolic OH excluding ortho intramolecular Hbond substituents is 1. The third-order valence-electron chi connectivity index (χ3n) is 11.4. The average molecular weight is 881 g/mol. The molecule has 0 aliphatic carbocycles. The Morgan fingerprint density at radius 1 is 0.797 bits per heavy atom. The fraction of sp³-hybridized carbons (Fsp3) is 0.413. The molecule has 18 heteroatoms. The van der Waals surface area contributed by atoms with E-state index in [1.165, 1.54) is 30.3 Å². The molecular formula is C46H52N6O12. The number of likely N-dealkylation sites (tertiary alicyclic amines) is 1. The van der Waals surface area contributed by atoms with Crippen LogP contribution in [0, 0.1) is 0 Å². The number of aromatic hydroxyl groups is 1. The molecule has 4 N–H and O–H groups in total. The molecular weight excluding hydrogens is 829 g/mol. The average Bonchev–Trinajstić information content (AvgIpc) is 3.97. The van der Waals surface area contributed by atoms with Crippen LogP contribution in [0.4, 0.5) is 5.69 Å². The number of allylic oxidation sites excluding steroid dienone is 1. The molecule has 0 aromatic heterocycles. The van der Waals surface area contributed by atoms with E-state index in [0.717, 1.165) is 35.7 Å². The Morgan fingerprint density at radius 3 is 2.31 bits per heavy atom. The zero-order valence-corrected chi connectivity index (χ0v) is 35.3. The Kier molecular flexibility index (Phi) is 15.3. The van der Waals surface area contributed by atoms with Gasteiger partial charge in [0.2, 0.25) is 17.7 Å². The number of benzene rings is 3. The topological polar surface area (TPSA) is 222 Å². The van der Waals surface area contributed by atoms with Crippen molar-refractivity contribution in [3.05, 3.63) is 101 Å². The first kappa shape index (κ1) is 45.4. The molecule has 7 rings (SSSR count). The summed E-state index contributed by atoms with van der Waals surface area (Å²) in [5.74, 6) is -3.35. The molecule has 4 heterocycles. The molecule has 64 heavy (non-hydrogen) atoms. The Hall–Kier alpha value is -6.63. The minimum absolute atomic E-state index is 0.00219. The lowest BCUT2D eigenvalue weighted by Gasteiger charge is -2.35. The van der Waals surface area contributed by atoms with E-state index in [9.17, 15) is 38.7 Å². The number of piperazine rings is 1. The number of hydrogen-bond acceptors (Lipinski definition) is 14. The second-order valence-electron chi connectivity index (χ2n) is 15.7. The molecule has 4 aliphatic rings. The summed E-state index contributed by atoms with van der Waals surface area (Å²) in [6.07, 6.45) is 5.35. The van der Waals surface area contributed by atoms with Crippen LogP contribution in [-0.4, -0.2) is 147 Å². The minimum atomic E-state index is -1.11. The summed E-state index contributed by atoms with van der Waals surface area (Å²) in [6, 6.07) is 18.9. The largest absolute Gasteiger partial charge is 0.507 e. The normalized spacial score (nSPS) is 19.1. The van der Waals surface area contributed by atoms with E-state index in [1.807, 2.05) is 12.3 Å². The van der Waals surface area contributed by atoms with Gasteiger partial charge in [0.15, 0.2) is 12.4 Å². The molecule has 3 saturated heterocycles. The van der Waals surface area contributed by atoms with Crippen molar-refractivity contribution in [2.24, 2.45) is 0 Å². The van der Waals surface area contributed by atoms with Crippen molar-refractivity contribution in [2.75, 3.05) is 77.3 Å². The number of carbonyl (C=O) groups excluding carboxylic acids is 7. The number of nitrogens with one attached hydrogen (secondary N) is 3. The van der Waals surface area contributed by atoms with Crippen LogP contribution in [0.15, 0.2) is 79.0 Å². The summed E-state index contributed by atoms with van der Waals surface area (Å²) in [5.41, 5.74) is 2.59. The summed E-state index contributed by atoms with van der Waals surface area (Å²) in [4.78, 5) is 92.8. The van der Waals surface area contributed by atoms with Crippen LogP contribution in [0.25, 0.3) is 0 Å². The molecule has 0 radical (unpaired) electrons. The second-order valence-corrected chi connectivity index (χ2v) is 15.7. The van der Waals surface area contributed by atoms with Crippen LogP contribution in [-0.2, 0) is 39.8 Å². The maximum absolute atomic E-state index is 13.2. The number of carbonyl (C=O) groups is 7. The van der Waals surface area contributed by atoms with Crippen LogP contribution in [0.5, 0.6) is 11.5 Å². The van der Waals surface area contributed by atoms with Crippen molar-refractivity contribution >= 4 is 46.9 Å². The van der Waals surface area contributed by atoms with Gasteiger partial charge in [0.25, 0.3) is 17.7 Å². The van der Waals surface area contributed by atoms with E-state index >= 15 is 0 Å². The number of imide groups is 2. The molecule has 3 aromatic rings. The molecule has 2 bridgehead atoms. The van der Waals surface area contributed by atoms with Gasteiger partial charge in [-0.1, -0.05) is 30.3 Å². The number of hydrogen-bond donors (Lipinski definition) is 4. The van der Waals surface area contributed by atoms with Gasteiger partial charge in [0, 0.05) is 69.1 Å². The molecule has 0 spiro atoms. The van der Waals surface area contributed by atoms with Crippen molar-refractivity contribution < 1.29 is 57.6 Å². The van der Waals surface area contributed by atoms with Gasteiger partial charge in [-0.2, -0.15) is 0 Å². The Labute approximate surface area is 369 Å². The van der Waals surface area contributed by atoms with Crippen LogP contribution in [0.3, 0.4) is 0 Å². The van der Waals surface area contributed by atoms with Crippen molar-refractivity contribution in [3.63, 3.8) is 0 Å². The number of para-hydroxylation sites is 1. The monoisotopic (exact) mass is 880 g/mol. The van der Waals surface area contributed by atoms with E-state index in [0.29, 0.717) is 50.4 Å². The molecule has 3 atom stereocenters. The SMILES string of the molecule is O=C(CCOCCOCCOCCNC(=O)COc1cccc2c1C(=O)N(C1CCC(=O)NC1=O)C2=O)NCCc1cccc(N2C[C@H]3C[C@@H]2CN3/C=C/C(=O)c2ccccc2O)c1. The number of fused-ring (bicyclic) bond motifs is 3. The van der Waals surface area contributed by atoms with Crippen molar-refractivity contribution in [1.29, 1.82) is 0 Å². The molecule has 0 saturated carbocycles. The van der Waals surface area contributed by atoms with E-state index in [1.54, 1.807) is 18.2 Å². The number of piperidine rings is 1. The molecule has 6 amide bonds. The summed E-state index contributed by atoms with van der Waals surface area (Å²) in [5, 5.41) is 17.7. The molecule has 18 nitrogen and oxygen atoms in total. The smallest absolute Gasteiger partial charge is 0.266 e. The predicted octanol–water partition coefficient (Wildman–Crippen LogP) is 1.75. The lowest BCUT2D eigenvalue weighted by molar-refractivity contribution is -0.136. The van der Waals surface area contributed by atoms with Gasteiger partial charge < -0.3 is 44.5 Å². The highest BCUT2D eigenvalue weighted by Gasteiger charge is 2.46. The molecule has 4 aliphatic heterocycles. The quantitative estimate of drug-likeness (QED) is 0.0462. The van der Waals surface area contributed by atoms with Crippen molar-refractivity contribution in [1.82, 2.24) is 25.8 Å². The van der Waals surface area contributed by atoms with Gasteiger partial charge in [-0.3, -0.25) is 43.8 Å². The lowest BCUT2D eigenvalue weighted by atomic mass is 10.0. The molecule has 3 fully saturated rings. The first-order valence-electron chi connectivity index (χ1n) is 21.4. The third-order valence-corrected chi connectivity index (χ3v) is 11.4. The highest BCUT2D eigenvalue weighted by Crippen LogP contribution is 2.36. The van der Waals surface area contributed by atoms with Gasteiger partial charge in [-0.25, -0.2) is 0 Å². The van der Waals surface area contributed by atoms with Gasteiger partial charge in [-0.05, 0) is 61.2 Å². The standard InChI is InChI=1S/C46H52N6O12/c53-37-9-2-1-7-34(37)38(54)14-18-50-27-33-26-32(50)28-51(33)31-6-3-5-30(25-31)13-16-47-40(55)15-19-61-21-23-63-24-22-62-20-17-48-42(57)29-64-39-10-4-8-35-43(39)46(60)52(45(35)59)36-11-12-41(56)49-44(36)58/h1-10,14,18,25,32-33,36,53H,11-13,15-17,19-24,26-29H2,(H,47,55)(H,48,57)(H,49,56,58)/b18-14+/t32-,33-,36?/m1/s1. The van der Waals surface area contributed by atoms with Crippen LogP contribution in [0.1, 0.15) is 62.3 Å². The zero-order chi connectivity index (χ0) is 45.0. The van der Waals surface area contributed by atoms with E-state index < -0.39 is 42.2 Å². The number of phenols is 1. The summed E-state index contributed by atoms with van der Waals surface area (Å²) in [7, 11) is 0. The number of rotatable bonds is 23. The number of ketones is 1. The summed E-state index contributed by atoms with van der Waals surface area (Å²) in [6.45, 7) is 3.67. The Balaban J connectivity index is 0.683. The highest BCUT2D eigenvalue weighted by molar-refractivity contribution is 6.24. The van der Waals surface area contributed by atoms with Crippen molar-refractivity contribution in [3.8, 4) is 11.5 Å². The van der Waals surface area contributed by atoms with Crippen LogP contribution < -0.4 is 25.6 Å². The maximum Gasteiger partial charge on any atom is 0.266 e. The fourth-order valence-electron chi connectivity index (χ4n) is 8.22. The van der Waals surface area contributed by atoms with Gasteiger partial charge in [-0.15, -0.1) is 0 Å². The van der Waals surface area contributed by atoms with Crippen LogP contribution >= 0.6 is 0 Å². The number of amides is 6. The first-order chi connectivity index (χ1) is 31.1. The van der Waals surface area contributed by atoms with E-state index in [2.05, 4.69) is 43.9 Å². The Morgan fingerprint density at radius 2 is 1.55 bits per heavy atom. The highest BCUT2D eigenvalue weighted by atomic mass is 16.5. The minimum Gasteiger partial charge on any atom is -0.507 e. The van der Waals surface area contributed by atoms with Gasteiger partial charge >= 0.3 is 0 Å². The second kappa shape index (κ2) is 21.6. The van der Waals surface area contributed by atoms with E-state index in [-0.39, 0.29) is 79.9 Å². The molecule has 338 valence electrons. The maximum atomic E-state index is 13.2. The molecule has 1 unspecified atom stereocenters. The number of nitrogens with zero attached hydrogens (tertiary/aromatic N) is 3. The summed E-state index contributed by atoms with van der Waals surface area (Å²) >= 11 is 0. The molecule has 3 aromatic carbocycles. The Bertz CT molecular complexity index is 2270. The number of ether oxygens (including phenoxy) is 4. The van der Waals surface area contributed by atoms with Crippen molar-refractivity contribution in [2.45, 2.75) is 50.2 Å². The van der Waals surface area contributed by atoms with E-state index in [4.69, 9.17) is 18.9 Å². The lowest BCUT2D eigenvalue weighted by Crippen LogP contribution is -2.54. The fourth-order valence-corrected chi connectivity index (χ4v) is 8.22. The predicted molar refractivity (Wildman–Crippen MR) is 230 cm³/mol. The van der Waals surface area contributed by atoms with Gasteiger partial charge in [0.05, 0.1) is 56.3 Å². The van der Waals surface area contributed by atoms with Gasteiger partial charge in [0.1, 0.15) is 17.5 Å². The number of anilines is 1.